The molecule has 112 valence electrons. The monoisotopic (exact) mass is 275 g/mol. The van der Waals surface area contributed by atoms with Crippen LogP contribution in [-0.4, -0.2) is 48.6 Å². The van der Waals surface area contributed by atoms with Gasteiger partial charge in [-0.2, -0.15) is 0 Å². The van der Waals surface area contributed by atoms with E-state index in [0.717, 1.165) is 32.6 Å². The molecule has 0 spiro atoms. The van der Waals surface area contributed by atoms with Gasteiger partial charge in [-0.05, 0) is 45.4 Å². The summed E-state index contributed by atoms with van der Waals surface area (Å²) in [5.74, 6) is 0. The topological polar surface area (TPSA) is 32.5 Å². The lowest BCUT2D eigenvalue weighted by Gasteiger charge is -2.45. The molecule has 1 unspecified atom stereocenters. The average molecular weight is 275 g/mol. The molecule has 0 radical (unpaired) electrons. The first-order chi connectivity index (χ1) is 9.40. The normalized spacial score (nSPS) is 21.9. The largest absolute Gasteiger partial charge is 0.324 e. The number of aryl methyl sites for hydroxylation is 1. The predicted molar refractivity (Wildman–Crippen MR) is 85.9 cm³/mol. The lowest BCUT2D eigenvalue weighted by molar-refractivity contribution is 0.0387. The Morgan fingerprint density at radius 3 is 2.60 bits per heavy atom. The number of hydrogen-bond donors (Lipinski definition) is 1. The number of piperazine rings is 1. The highest BCUT2D eigenvalue weighted by Crippen LogP contribution is 2.22. The fraction of sp³-hybridized carbons (Fsp3) is 0.647. The van der Waals surface area contributed by atoms with Gasteiger partial charge in [-0.25, -0.2) is 0 Å². The Balaban J connectivity index is 1.88. The maximum Gasteiger partial charge on any atom is 0.0309 e. The summed E-state index contributed by atoms with van der Waals surface area (Å²) in [4.78, 5) is 5.00. The van der Waals surface area contributed by atoms with E-state index in [2.05, 4.69) is 61.9 Å². The van der Waals surface area contributed by atoms with Crippen molar-refractivity contribution in [3.8, 4) is 0 Å². The van der Waals surface area contributed by atoms with Crippen LogP contribution in [0.3, 0.4) is 0 Å². The van der Waals surface area contributed by atoms with Crippen LogP contribution in [0.5, 0.6) is 0 Å². The molecule has 0 aliphatic carbocycles. The Hall–Kier alpha value is -0.900. The van der Waals surface area contributed by atoms with Crippen molar-refractivity contribution in [1.82, 2.24) is 9.80 Å². The quantitative estimate of drug-likeness (QED) is 0.916. The van der Waals surface area contributed by atoms with Crippen molar-refractivity contribution < 1.29 is 0 Å². The zero-order valence-electron chi connectivity index (χ0n) is 13.4. The SMILES string of the molecule is Cc1ccccc1C(N)CCN1CCN(C)C(C)(C)C1. The third-order valence-corrected chi connectivity index (χ3v) is 4.74. The molecule has 1 aliphatic rings. The minimum atomic E-state index is 0.152. The van der Waals surface area contributed by atoms with Crippen LogP contribution in [0.2, 0.25) is 0 Å². The molecule has 1 fully saturated rings. The van der Waals surface area contributed by atoms with Crippen molar-refractivity contribution in [2.75, 3.05) is 33.2 Å². The van der Waals surface area contributed by atoms with E-state index in [1.165, 1.54) is 11.1 Å². The fourth-order valence-electron chi connectivity index (χ4n) is 3.01. The van der Waals surface area contributed by atoms with Crippen molar-refractivity contribution in [1.29, 1.82) is 0 Å². The van der Waals surface area contributed by atoms with E-state index in [-0.39, 0.29) is 11.6 Å². The molecule has 3 heteroatoms. The van der Waals surface area contributed by atoms with Gasteiger partial charge in [0.25, 0.3) is 0 Å². The Morgan fingerprint density at radius 2 is 1.95 bits per heavy atom. The third kappa shape index (κ3) is 3.60. The zero-order valence-corrected chi connectivity index (χ0v) is 13.4. The molecular weight excluding hydrogens is 246 g/mol. The third-order valence-electron chi connectivity index (χ3n) is 4.74. The molecule has 1 saturated heterocycles. The first kappa shape index (κ1) is 15.5. The Bertz CT molecular complexity index is 442. The van der Waals surface area contributed by atoms with Gasteiger partial charge in [0.1, 0.15) is 0 Å². The van der Waals surface area contributed by atoms with Crippen LogP contribution in [0, 0.1) is 6.92 Å². The number of likely N-dealkylation sites (N-methyl/N-ethyl adjacent to an activating group) is 1. The molecule has 2 rings (SSSR count). The summed E-state index contributed by atoms with van der Waals surface area (Å²) in [6.45, 7) is 11.3. The van der Waals surface area contributed by atoms with E-state index in [1.54, 1.807) is 0 Å². The van der Waals surface area contributed by atoms with Gasteiger partial charge in [0.2, 0.25) is 0 Å². The Labute approximate surface area is 123 Å². The highest BCUT2D eigenvalue weighted by Gasteiger charge is 2.30. The lowest BCUT2D eigenvalue weighted by atomic mass is 9.97. The summed E-state index contributed by atoms with van der Waals surface area (Å²) < 4.78 is 0. The first-order valence-corrected chi connectivity index (χ1v) is 7.65. The van der Waals surface area contributed by atoms with Crippen LogP contribution < -0.4 is 5.73 Å². The summed E-state index contributed by atoms with van der Waals surface area (Å²) in [5.41, 5.74) is 9.24. The van der Waals surface area contributed by atoms with Crippen molar-refractivity contribution in [2.24, 2.45) is 5.73 Å². The minimum Gasteiger partial charge on any atom is -0.324 e. The van der Waals surface area contributed by atoms with E-state index < -0.39 is 0 Å². The van der Waals surface area contributed by atoms with E-state index in [1.807, 2.05) is 0 Å². The zero-order chi connectivity index (χ0) is 14.8. The van der Waals surface area contributed by atoms with Gasteiger partial charge in [0.05, 0.1) is 0 Å². The van der Waals surface area contributed by atoms with Gasteiger partial charge in [-0.15, -0.1) is 0 Å². The molecule has 20 heavy (non-hydrogen) atoms. The number of nitrogens with two attached hydrogens (primary N) is 1. The molecule has 0 aromatic heterocycles. The van der Waals surface area contributed by atoms with Gasteiger partial charge < -0.3 is 10.6 Å². The predicted octanol–water partition coefficient (Wildman–Crippen LogP) is 2.41. The van der Waals surface area contributed by atoms with Crippen LogP contribution in [-0.2, 0) is 0 Å². The molecular formula is C17H29N3. The van der Waals surface area contributed by atoms with E-state index in [0.29, 0.717) is 0 Å². The van der Waals surface area contributed by atoms with Gasteiger partial charge in [0, 0.05) is 37.8 Å². The van der Waals surface area contributed by atoms with Gasteiger partial charge in [0.15, 0.2) is 0 Å². The molecule has 1 aromatic carbocycles. The van der Waals surface area contributed by atoms with Crippen LogP contribution >= 0.6 is 0 Å². The second kappa shape index (κ2) is 6.25. The lowest BCUT2D eigenvalue weighted by Crippen LogP contribution is -2.57. The number of benzene rings is 1. The van der Waals surface area contributed by atoms with Gasteiger partial charge in [-0.3, -0.25) is 4.90 Å². The number of hydrogen-bond acceptors (Lipinski definition) is 3. The Kier molecular flexibility index (Phi) is 4.84. The van der Waals surface area contributed by atoms with Crippen LogP contribution in [0.25, 0.3) is 0 Å². The summed E-state index contributed by atoms with van der Waals surface area (Å²) in [5, 5.41) is 0. The average Bonchev–Trinajstić information content (AvgIpc) is 2.40. The molecule has 0 saturated carbocycles. The molecule has 1 heterocycles. The summed E-state index contributed by atoms with van der Waals surface area (Å²) >= 11 is 0. The molecule has 2 N–H and O–H groups in total. The highest BCUT2D eigenvalue weighted by atomic mass is 15.3. The molecule has 1 aliphatic heterocycles. The van der Waals surface area contributed by atoms with E-state index >= 15 is 0 Å². The van der Waals surface area contributed by atoms with Crippen molar-refractivity contribution >= 4 is 0 Å². The fourth-order valence-corrected chi connectivity index (χ4v) is 3.01. The second-order valence-electron chi connectivity index (χ2n) is 6.76. The maximum absolute atomic E-state index is 6.37. The van der Waals surface area contributed by atoms with Crippen molar-refractivity contribution in [3.05, 3.63) is 35.4 Å². The van der Waals surface area contributed by atoms with Gasteiger partial charge >= 0.3 is 0 Å². The number of nitrogens with zero attached hydrogens (tertiary/aromatic N) is 2. The van der Waals surface area contributed by atoms with E-state index in [4.69, 9.17) is 5.73 Å². The Morgan fingerprint density at radius 1 is 1.25 bits per heavy atom. The standard InChI is InChI=1S/C17H29N3/c1-14-7-5-6-8-15(14)16(18)9-10-20-12-11-19(4)17(2,3)13-20/h5-8,16H,9-13,18H2,1-4H3. The van der Waals surface area contributed by atoms with Gasteiger partial charge in [-0.1, -0.05) is 24.3 Å². The molecule has 3 nitrogen and oxygen atoms in total. The summed E-state index contributed by atoms with van der Waals surface area (Å²) in [6.07, 6.45) is 1.03. The van der Waals surface area contributed by atoms with Crippen LogP contribution in [0.4, 0.5) is 0 Å². The smallest absolute Gasteiger partial charge is 0.0309 e. The number of rotatable bonds is 4. The second-order valence-corrected chi connectivity index (χ2v) is 6.76. The molecule has 0 amide bonds. The molecule has 0 bridgehead atoms. The maximum atomic E-state index is 6.37. The molecule has 1 atom stereocenters. The van der Waals surface area contributed by atoms with Crippen LogP contribution in [0.1, 0.15) is 37.4 Å². The first-order valence-electron chi connectivity index (χ1n) is 7.65. The van der Waals surface area contributed by atoms with Crippen molar-refractivity contribution in [2.45, 2.75) is 38.8 Å². The minimum absolute atomic E-state index is 0.152. The summed E-state index contributed by atoms with van der Waals surface area (Å²) in [6, 6.07) is 8.62. The van der Waals surface area contributed by atoms with E-state index in [9.17, 15) is 0 Å². The summed E-state index contributed by atoms with van der Waals surface area (Å²) in [7, 11) is 2.22. The van der Waals surface area contributed by atoms with Crippen molar-refractivity contribution in [3.63, 3.8) is 0 Å². The molecule has 1 aromatic rings. The van der Waals surface area contributed by atoms with Crippen LogP contribution in [0.15, 0.2) is 24.3 Å². The highest BCUT2D eigenvalue weighted by molar-refractivity contribution is 5.28.